The lowest BCUT2D eigenvalue weighted by Crippen LogP contribution is -2.39. The Balaban J connectivity index is 1.64. The number of allylic oxidation sites excluding steroid dienone is 1. The molecule has 1 atom stereocenters. The molecule has 0 radical (unpaired) electrons. The van der Waals surface area contributed by atoms with E-state index in [1.165, 1.54) is 23.5 Å². The van der Waals surface area contributed by atoms with Crippen molar-refractivity contribution in [2.75, 3.05) is 6.61 Å². The van der Waals surface area contributed by atoms with Crippen molar-refractivity contribution < 1.29 is 18.7 Å². The molecule has 3 aromatic carbocycles. The smallest absolute Gasteiger partial charge is 0.338 e. The summed E-state index contributed by atoms with van der Waals surface area (Å²) in [6.07, 6.45) is 1.81. The molecule has 1 aliphatic heterocycles. The van der Waals surface area contributed by atoms with Crippen LogP contribution >= 0.6 is 56.5 Å². The summed E-state index contributed by atoms with van der Waals surface area (Å²) in [6.45, 7) is 5.97. The van der Waals surface area contributed by atoms with E-state index in [0.717, 1.165) is 29.4 Å². The summed E-state index contributed by atoms with van der Waals surface area (Å²) in [6, 6.07) is 17.2. The molecule has 2 heterocycles. The molecule has 0 unspecified atom stereocenters. The van der Waals surface area contributed by atoms with E-state index in [4.69, 9.17) is 9.47 Å². The molecule has 6 nitrogen and oxygen atoms in total. The predicted octanol–water partition coefficient (Wildman–Crippen LogP) is 6.03. The molecule has 0 bridgehead atoms. The Kier molecular flexibility index (Phi) is 9.09. The first-order valence-corrected chi connectivity index (χ1v) is 15.8. The molecule has 0 amide bonds. The number of nitrogens with zero attached hydrogens (tertiary/aromatic N) is 2. The van der Waals surface area contributed by atoms with Crippen LogP contribution in [-0.4, -0.2) is 17.1 Å². The number of fused-ring (bicyclic) bond motifs is 1. The fraction of sp³-hybridized carbons (Fsp3) is 0.194. The maximum absolute atomic E-state index is 14.0. The fourth-order valence-corrected chi connectivity index (χ4v) is 7.66. The highest BCUT2D eigenvalue weighted by atomic mass is 127. The zero-order valence-electron chi connectivity index (χ0n) is 22.4. The number of aryl methyl sites for hydroxylation is 1. The van der Waals surface area contributed by atoms with Gasteiger partial charge in [0.05, 0.1) is 32.0 Å². The molecule has 0 aliphatic carbocycles. The molecular weight excluding hydrogens is 769 g/mol. The van der Waals surface area contributed by atoms with Gasteiger partial charge in [-0.3, -0.25) is 9.36 Å². The standard InChI is InChI=1S/C31H25FI2N2O4S/c1-4-39-30(38)26-18(3)35-31-36(27(26)20-9-5-17(2)6-10-20)29(37)25(41-31)14-21-13-23(33)15-24(34)28(21)40-16-19-7-11-22(32)12-8-19/h5-15,27H,4,16H2,1-3H3/b25-14-/t27-/m0/s1. The number of benzene rings is 3. The highest BCUT2D eigenvalue weighted by molar-refractivity contribution is 14.1. The maximum atomic E-state index is 14.0. The summed E-state index contributed by atoms with van der Waals surface area (Å²) in [4.78, 5) is 32.3. The number of esters is 1. The summed E-state index contributed by atoms with van der Waals surface area (Å²) >= 11 is 5.72. The number of halogens is 3. The minimum Gasteiger partial charge on any atom is -0.487 e. The highest BCUT2D eigenvalue weighted by Gasteiger charge is 2.33. The number of hydrogen-bond acceptors (Lipinski definition) is 6. The maximum Gasteiger partial charge on any atom is 0.338 e. The van der Waals surface area contributed by atoms with Crippen LogP contribution in [0.4, 0.5) is 4.39 Å². The van der Waals surface area contributed by atoms with Gasteiger partial charge in [0.2, 0.25) is 0 Å². The first-order chi connectivity index (χ1) is 19.7. The van der Waals surface area contributed by atoms with Gasteiger partial charge in [0, 0.05) is 9.13 Å². The van der Waals surface area contributed by atoms with Gasteiger partial charge < -0.3 is 9.47 Å². The molecule has 10 heteroatoms. The van der Waals surface area contributed by atoms with Crippen LogP contribution in [0.1, 0.15) is 42.1 Å². The van der Waals surface area contributed by atoms with Crippen LogP contribution in [-0.2, 0) is 16.1 Å². The Hall–Kier alpha value is -2.84. The Labute approximate surface area is 267 Å². The second kappa shape index (κ2) is 12.6. The Bertz CT molecular complexity index is 1850. The van der Waals surface area contributed by atoms with Crippen molar-refractivity contribution in [1.82, 2.24) is 4.57 Å². The lowest BCUT2D eigenvalue weighted by atomic mass is 9.95. The molecule has 5 rings (SSSR count). The van der Waals surface area contributed by atoms with Gasteiger partial charge in [-0.15, -0.1) is 0 Å². The average Bonchev–Trinajstić information content (AvgIpc) is 3.23. The number of rotatable bonds is 7. The Morgan fingerprint density at radius 3 is 2.49 bits per heavy atom. The number of carbonyl (C=O) groups excluding carboxylic acids is 1. The van der Waals surface area contributed by atoms with Gasteiger partial charge in [-0.05, 0) is 107 Å². The van der Waals surface area contributed by atoms with E-state index in [1.54, 1.807) is 30.5 Å². The van der Waals surface area contributed by atoms with Crippen LogP contribution in [0.25, 0.3) is 6.08 Å². The fourth-order valence-electron chi connectivity index (χ4n) is 4.57. The topological polar surface area (TPSA) is 69.9 Å². The van der Waals surface area contributed by atoms with Crippen LogP contribution < -0.4 is 19.6 Å². The second-order valence-corrected chi connectivity index (χ2v) is 12.9. The van der Waals surface area contributed by atoms with E-state index < -0.39 is 12.0 Å². The number of carbonyl (C=O) groups is 1. The zero-order valence-corrected chi connectivity index (χ0v) is 27.5. The van der Waals surface area contributed by atoms with Gasteiger partial charge >= 0.3 is 5.97 Å². The number of ether oxygens (including phenoxy) is 2. The molecule has 210 valence electrons. The lowest BCUT2D eigenvalue weighted by Gasteiger charge is -2.24. The van der Waals surface area contributed by atoms with Crippen molar-refractivity contribution in [3.63, 3.8) is 0 Å². The van der Waals surface area contributed by atoms with Crippen LogP contribution in [0, 0.1) is 19.9 Å². The molecule has 41 heavy (non-hydrogen) atoms. The molecule has 0 N–H and O–H groups in total. The van der Waals surface area contributed by atoms with Crippen molar-refractivity contribution in [2.24, 2.45) is 4.99 Å². The van der Waals surface area contributed by atoms with Gasteiger partial charge in [0.25, 0.3) is 5.56 Å². The van der Waals surface area contributed by atoms with Gasteiger partial charge in [-0.25, -0.2) is 14.2 Å². The van der Waals surface area contributed by atoms with Crippen molar-refractivity contribution >= 4 is 68.6 Å². The number of aromatic nitrogens is 1. The molecule has 0 saturated heterocycles. The van der Waals surface area contributed by atoms with Crippen LogP contribution in [0.2, 0.25) is 0 Å². The highest BCUT2D eigenvalue weighted by Crippen LogP contribution is 2.32. The summed E-state index contributed by atoms with van der Waals surface area (Å²) in [7, 11) is 0. The van der Waals surface area contributed by atoms with Crippen LogP contribution in [0.15, 0.2) is 81.7 Å². The van der Waals surface area contributed by atoms with E-state index in [0.29, 0.717) is 26.4 Å². The minimum absolute atomic E-state index is 0.215. The molecule has 0 fully saturated rings. The average molecular weight is 794 g/mol. The van der Waals surface area contributed by atoms with Crippen molar-refractivity contribution in [1.29, 1.82) is 0 Å². The van der Waals surface area contributed by atoms with E-state index in [-0.39, 0.29) is 24.6 Å². The molecule has 0 saturated carbocycles. The van der Waals surface area contributed by atoms with Crippen molar-refractivity contribution in [3.05, 3.63) is 127 Å². The summed E-state index contributed by atoms with van der Waals surface area (Å²) in [5, 5.41) is 0. The third-order valence-electron chi connectivity index (χ3n) is 6.53. The van der Waals surface area contributed by atoms with E-state index in [2.05, 4.69) is 50.2 Å². The quantitative estimate of drug-likeness (QED) is 0.169. The second-order valence-electron chi connectivity index (χ2n) is 9.43. The van der Waals surface area contributed by atoms with Crippen molar-refractivity contribution in [3.8, 4) is 5.75 Å². The number of thiazole rings is 1. The minimum atomic E-state index is -0.668. The first-order valence-electron chi connectivity index (χ1n) is 12.8. The summed E-state index contributed by atoms with van der Waals surface area (Å²) in [5.74, 6) is -0.171. The molecular formula is C31H25FI2N2O4S. The SMILES string of the molecule is CCOC(=O)C1=C(C)N=c2s/c(=C\c3cc(I)cc(I)c3OCc3ccc(F)cc3)c(=O)n2[C@H]1c1ccc(C)cc1. The lowest BCUT2D eigenvalue weighted by molar-refractivity contribution is -0.139. The van der Waals surface area contributed by atoms with Gasteiger partial charge in [-0.2, -0.15) is 0 Å². The summed E-state index contributed by atoms with van der Waals surface area (Å²) in [5.41, 5.74) is 4.05. The van der Waals surface area contributed by atoms with Gasteiger partial charge in [0.15, 0.2) is 4.80 Å². The Morgan fingerprint density at radius 1 is 1.10 bits per heavy atom. The normalized spacial score (nSPS) is 15.0. The van der Waals surface area contributed by atoms with Crippen LogP contribution in [0.3, 0.4) is 0 Å². The van der Waals surface area contributed by atoms with E-state index >= 15 is 0 Å². The van der Waals surface area contributed by atoms with E-state index in [9.17, 15) is 14.0 Å². The molecule has 1 aliphatic rings. The molecule has 4 aromatic rings. The first kappa shape index (κ1) is 29.6. The zero-order chi connectivity index (χ0) is 29.3. The largest absolute Gasteiger partial charge is 0.487 e. The Morgan fingerprint density at radius 2 is 1.80 bits per heavy atom. The third-order valence-corrected chi connectivity index (χ3v) is 8.94. The molecule has 1 aromatic heterocycles. The van der Waals surface area contributed by atoms with Gasteiger partial charge in [-0.1, -0.05) is 53.3 Å². The van der Waals surface area contributed by atoms with Crippen LogP contribution in [0.5, 0.6) is 5.75 Å². The number of hydrogen-bond donors (Lipinski definition) is 0. The predicted molar refractivity (Wildman–Crippen MR) is 174 cm³/mol. The monoisotopic (exact) mass is 794 g/mol. The molecule has 0 spiro atoms. The summed E-state index contributed by atoms with van der Waals surface area (Å²) < 4.78 is 28.9. The third kappa shape index (κ3) is 6.33. The van der Waals surface area contributed by atoms with Crippen molar-refractivity contribution in [2.45, 2.75) is 33.4 Å². The van der Waals surface area contributed by atoms with E-state index in [1.807, 2.05) is 49.4 Å². The van der Waals surface area contributed by atoms with Gasteiger partial charge in [0.1, 0.15) is 18.2 Å².